The van der Waals surface area contributed by atoms with Crippen molar-refractivity contribution < 1.29 is 9.59 Å². The first-order chi connectivity index (χ1) is 5.29. The minimum atomic E-state index is -0.0819. The largest absolute Gasteiger partial charge is 0.313 e. The van der Waals surface area contributed by atoms with Gasteiger partial charge in [0.05, 0.1) is 11.8 Å². The van der Waals surface area contributed by atoms with E-state index in [1.807, 2.05) is 0 Å². The van der Waals surface area contributed by atoms with Crippen LogP contribution in [0.4, 0.5) is 4.79 Å². The number of nitrogens with zero attached hydrogens (tertiary/aromatic N) is 1. The van der Waals surface area contributed by atoms with Crippen LogP contribution < -0.4 is 5.32 Å². The number of carbonyl (C=O) groups is 2. The topological polar surface area (TPSA) is 49.4 Å². The monoisotopic (exact) mass is 208 g/mol. The first-order valence-electron chi connectivity index (χ1n) is 3.48. The predicted molar refractivity (Wildman–Crippen MR) is 48.6 cm³/mol. The molecule has 0 aliphatic carbocycles. The van der Waals surface area contributed by atoms with E-state index in [0.717, 1.165) is 24.9 Å². The molecule has 0 aromatic heterocycles. The molecule has 12 heavy (non-hydrogen) atoms. The minimum absolute atomic E-state index is 0. The predicted octanol–water partition coefficient (Wildman–Crippen LogP) is 0.0754. The number of carbonyl (C=O) groups excluding carboxylic acids is 2. The van der Waals surface area contributed by atoms with E-state index in [1.165, 1.54) is 4.90 Å². The van der Waals surface area contributed by atoms with Gasteiger partial charge in [0.15, 0.2) is 0 Å². The van der Waals surface area contributed by atoms with Crippen molar-refractivity contribution in [2.45, 2.75) is 6.04 Å². The summed E-state index contributed by atoms with van der Waals surface area (Å²) in [5.74, 6) is 0.293. The van der Waals surface area contributed by atoms with Crippen molar-refractivity contribution in [3.8, 4) is 0 Å². The molecule has 2 amide bonds. The van der Waals surface area contributed by atoms with Crippen LogP contribution in [0.3, 0.4) is 0 Å². The van der Waals surface area contributed by atoms with E-state index < -0.39 is 0 Å². The average molecular weight is 209 g/mol. The van der Waals surface area contributed by atoms with Gasteiger partial charge in [-0.15, -0.1) is 12.4 Å². The number of thioether (sulfide) groups is 1. The summed E-state index contributed by atoms with van der Waals surface area (Å²) >= 11 is 1.10. The van der Waals surface area contributed by atoms with Crippen molar-refractivity contribution in [3.63, 3.8) is 0 Å². The fourth-order valence-electron chi connectivity index (χ4n) is 1.17. The van der Waals surface area contributed by atoms with E-state index >= 15 is 0 Å². The zero-order chi connectivity index (χ0) is 7.84. The van der Waals surface area contributed by atoms with Crippen molar-refractivity contribution in [1.29, 1.82) is 0 Å². The fourth-order valence-corrected chi connectivity index (χ4v) is 1.95. The molecule has 2 aliphatic heterocycles. The summed E-state index contributed by atoms with van der Waals surface area (Å²) in [6.07, 6.45) is 0. The van der Waals surface area contributed by atoms with Crippen LogP contribution in [-0.4, -0.2) is 40.9 Å². The molecule has 68 valence electrons. The molecule has 2 rings (SSSR count). The zero-order valence-electron chi connectivity index (χ0n) is 6.28. The van der Waals surface area contributed by atoms with Crippen LogP contribution in [0.15, 0.2) is 0 Å². The SMILES string of the molecule is Cl.O=C1CSC(=O)N1C1CNC1. The van der Waals surface area contributed by atoms with Crippen LogP contribution >= 0.6 is 24.2 Å². The fraction of sp³-hybridized carbons (Fsp3) is 0.667. The van der Waals surface area contributed by atoms with E-state index in [9.17, 15) is 9.59 Å². The number of rotatable bonds is 1. The number of nitrogens with one attached hydrogen (secondary N) is 1. The molecule has 6 heteroatoms. The summed E-state index contributed by atoms with van der Waals surface area (Å²) in [5, 5.41) is 2.94. The van der Waals surface area contributed by atoms with E-state index in [-0.39, 0.29) is 29.6 Å². The average Bonchev–Trinajstić information content (AvgIpc) is 2.15. The third kappa shape index (κ3) is 1.44. The molecule has 0 atom stereocenters. The summed E-state index contributed by atoms with van der Waals surface area (Å²) in [4.78, 5) is 23.5. The molecule has 0 radical (unpaired) electrons. The lowest BCUT2D eigenvalue weighted by molar-refractivity contribution is -0.126. The maximum Gasteiger partial charge on any atom is 0.289 e. The summed E-state index contributed by atoms with van der Waals surface area (Å²) in [7, 11) is 0. The van der Waals surface area contributed by atoms with Crippen molar-refractivity contribution in [3.05, 3.63) is 0 Å². The van der Waals surface area contributed by atoms with E-state index in [1.54, 1.807) is 0 Å². The van der Waals surface area contributed by atoms with Gasteiger partial charge in [-0.25, -0.2) is 0 Å². The van der Waals surface area contributed by atoms with Gasteiger partial charge in [0, 0.05) is 13.1 Å². The highest BCUT2D eigenvalue weighted by atomic mass is 35.5. The molecule has 0 saturated carbocycles. The molecule has 2 heterocycles. The van der Waals surface area contributed by atoms with Gasteiger partial charge < -0.3 is 5.32 Å². The second kappa shape index (κ2) is 3.64. The van der Waals surface area contributed by atoms with Gasteiger partial charge in [0.2, 0.25) is 5.91 Å². The summed E-state index contributed by atoms with van der Waals surface area (Å²) in [5.41, 5.74) is 0. The Morgan fingerprint density at radius 2 is 2.08 bits per heavy atom. The van der Waals surface area contributed by atoms with Gasteiger partial charge in [-0.3, -0.25) is 14.5 Å². The molecule has 0 unspecified atom stereocenters. The van der Waals surface area contributed by atoms with E-state index in [2.05, 4.69) is 5.32 Å². The Morgan fingerprint density at radius 1 is 1.42 bits per heavy atom. The zero-order valence-corrected chi connectivity index (χ0v) is 7.91. The van der Waals surface area contributed by atoms with Gasteiger partial charge >= 0.3 is 0 Å². The first kappa shape index (κ1) is 9.83. The Kier molecular flexibility index (Phi) is 2.98. The quantitative estimate of drug-likeness (QED) is 0.663. The lowest BCUT2D eigenvalue weighted by Gasteiger charge is -2.33. The Bertz CT molecular complexity index is 204. The second-order valence-corrected chi connectivity index (χ2v) is 3.56. The number of hydrogen-bond donors (Lipinski definition) is 1. The number of imide groups is 1. The van der Waals surface area contributed by atoms with Crippen molar-refractivity contribution in [1.82, 2.24) is 10.2 Å². The highest BCUT2D eigenvalue weighted by Gasteiger charge is 2.38. The molecule has 2 aliphatic rings. The molecule has 0 bridgehead atoms. The van der Waals surface area contributed by atoms with Gasteiger partial charge in [-0.2, -0.15) is 0 Å². The number of amides is 2. The molecule has 0 aromatic carbocycles. The van der Waals surface area contributed by atoms with Gasteiger partial charge in [-0.1, -0.05) is 11.8 Å². The van der Waals surface area contributed by atoms with Crippen LogP contribution in [0.25, 0.3) is 0 Å². The summed E-state index contributed by atoms with van der Waals surface area (Å²) in [6, 6.07) is 0.130. The molecule has 0 aromatic rings. The third-order valence-electron chi connectivity index (χ3n) is 1.91. The minimum Gasteiger partial charge on any atom is -0.313 e. The molecule has 4 nitrogen and oxygen atoms in total. The highest BCUT2D eigenvalue weighted by Crippen LogP contribution is 2.22. The molecule has 2 saturated heterocycles. The Labute approximate surface area is 80.5 Å². The molecule has 2 fully saturated rings. The van der Waals surface area contributed by atoms with Crippen LogP contribution in [0.5, 0.6) is 0 Å². The molecular weight excluding hydrogens is 200 g/mol. The lowest BCUT2D eigenvalue weighted by atomic mass is 10.1. The summed E-state index contributed by atoms with van der Waals surface area (Å²) in [6.45, 7) is 1.52. The van der Waals surface area contributed by atoms with Gasteiger partial charge in [0.1, 0.15) is 0 Å². The maximum atomic E-state index is 11.1. The maximum absolute atomic E-state index is 11.1. The highest BCUT2D eigenvalue weighted by molar-refractivity contribution is 8.14. The molecular formula is C6H9ClN2O2S. The number of halogens is 1. The van der Waals surface area contributed by atoms with Crippen LogP contribution in [0, 0.1) is 0 Å². The Hall–Kier alpha value is -0.260. The Balaban J connectivity index is 0.000000720. The normalized spacial score (nSPS) is 23.8. The summed E-state index contributed by atoms with van der Waals surface area (Å²) < 4.78 is 0. The first-order valence-corrected chi connectivity index (χ1v) is 4.47. The number of hydrogen-bond acceptors (Lipinski definition) is 4. The standard InChI is InChI=1S/C6H8N2O2S.ClH/c9-5-3-11-6(10)8(5)4-1-7-2-4;/h4,7H,1-3H2;1H. The smallest absolute Gasteiger partial charge is 0.289 e. The second-order valence-electron chi connectivity index (χ2n) is 2.63. The van der Waals surface area contributed by atoms with Gasteiger partial charge in [0.25, 0.3) is 5.24 Å². The van der Waals surface area contributed by atoms with Crippen molar-refractivity contribution in [2.24, 2.45) is 0 Å². The van der Waals surface area contributed by atoms with Gasteiger partial charge in [-0.05, 0) is 0 Å². The van der Waals surface area contributed by atoms with Crippen LogP contribution in [-0.2, 0) is 4.79 Å². The van der Waals surface area contributed by atoms with Crippen LogP contribution in [0.1, 0.15) is 0 Å². The van der Waals surface area contributed by atoms with Crippen molar-refractivity contribution in [2.75, 3.05) is 18.8 Å². The van der Waals surface area contributed by atoms with Crippen molar-refractivity contribution >= 4 is 35.3 Å². The Morgan fingerprint density at radius 3 is 2.42 bits per heavy atom. The van der Waals surface area contributed by atoms with E-state index in [4.69, 9.17) is 0 Å². The molecule has 1 N–H and O–H groups in total. The van der Waals surface area contributed by atoms with E-state index in [0.29, 0.717) is 5.75 Å². The molecule has 0 spiro atoms. The lowest BCUT2D eigenvalue weighted by Crippen LogP contribution is -2.58. The third-order valence-corrected chi connectivity index (χ3v) is 2.74. The van der Waals surface area contributed by atoms with Crippen LogP contribution in [0.2, 0.25) is 0 Å².